The maximum atomic E-state index is 13.6. The first-order valence-corrected chi connectivity index (χ1v) is 5.94. The molecule has 0 aromatic heterocycles. The molecule has 0 heterocycles. The third-order valence-corrected chi connectivity index (χ3v) is 3.28. The highest BCUT2D eigenvalue weighted by molar-refractivity contribution is 9.10. The molecule has 1 nitrogen and oxygen atoms in total. The quantitative estimate of drug-likeness (QED) is 0.893. The highest BCUT2D eigenvalue weighted by Gasteiger charge is 2.17. The van der Waals surface area contributed by atoms with Crippen molar-refractivity contribution in [2.45, 2.75) is 6.04 Å². The lowest BCUT2D eigenvalue weighted by atomic mass is 9.99. The molecule has 0 radical (unpaired) electrons. The molecular weight excluding hydrogens is 307 g/mol. The molecule has 0 amide bonds. The van der Waals surface area contributed by atoms with E-state index in [1.165, 1.54) is 18.2 Å². The standard InChI is InChI=1S/C13H9BrF3N/c14-11-6-8(16)1-3-9(11)13(18)10-5-7(15)2-4-12(10)17/h1-6,13H,18H2. The molecule has 18 heavy (non-hydrogen) atoms. The fourth-order valence-corrected chi connectivity index (χ4v) is 2.27. The first kappa shape index (κ1) is 13.1. The van der Waals surface area contributed by atoms with Gasteiger partial charge in [0, 0.05) is 10.0 Å². The largest absolute Gasteiger partial charge is 0.320 e. The SMILES string of the molecule is NC(c1cc(F)ccc1F)c1ccc(F)cc1Br. The minimum atomic E-state index is -0.865. The molecule has 0 fully saturated rings. The van der Waals surface area contributed by atoms with Crippen LogP contribution >= 0.6 is 15.9 Å². The lowest BCUT2D eigenvalue weighted by molar-refractivity contribution is 0.576. The predicted octanol–water partition coefficient (Wildman–Crippen LogP) is 3.91. The van der Waals surface area contributed by atoms with Crippen molar-refractivity contribution in [3.05, 3.63) is 69.4 Å². The van der Waals surface area contributed by atoms with E-state index >= 15 is 0 Å². The van der Waals surface area contributed by atoms with Crippen LogP contribution in [0.25, 0.3) is 0 Å². The van der Waals surface area contributed by atoms with Crippen LogP contribution < -0.4 is 5.73 Å². The number of rotatable bonds is 2. The molecule has 5 heteroatoms. The van der Waals surface area contributed by atoms with Crippen LogP contribution in [0.3, 0.4) is 0 Å². The van der Waals surface area contributed by atoms with Crippen LogP contribution in [0.4, 0.5) is 13.2 Å². The van der Waals surface area contributed by atoms with E-state index in [1.54, 1.807) is 0 Å². The molecule has 2 N–H and O–H groups in total. The zero-order valence-electron chi connectivity index (χ0n) is 9.13. The van der Waals surface area contributed by atoms with Crippen molar-refractivity contribution < 1.29 is 13.2 Å². The molecular formula is C13H9BrF3N. The summed E-state index contributed by atoms with van der Waals surface area (Å²) >= 11 is 3.15. The molecule has 0 aliphatic rings. The maximum absolute atomic E-state index is 13.6. The summed E-state index contributed by atoms with van der Waals surface area (Å²) in [5, 5.41) is 0. The summed E-state index contributed by atoms with van der Waals surface area (Å²) in [6.07, 6.45) is 0. The highest BCUT2D eigenvalue weighted by atomic mass is 79.9. The van der Waals surface area contributed by atoms with Crippen LogP contribution in [-0.2, 0) is 0 Å². The van der Waals surface area contributed by atoms with E-state index in [-0.39, 0.29) is 5.56 Å². The smallest absolute Gasteiger partial charge is 0.128 e. The van der Waals surface area contributed by atoms with Gasteiger partial charge in [-0.1, -0.05) is 22.0 Å². The Balaban J connectivity index is 2.47. The molecule has 2 rings (SSSR count). The summed E-state index contributed by atoms with van der Waals surface area (Å²) in [6.45, 7) is 0. The Morgan fingerprint density at radius 2 is 1.50 bits per heavy atom. The van der Waals surface area contributed by atoms with E-state index in [0.29, 0.717) is 10.0 Å². The lowest BCUT2D eigenvalue weighted by Gasteiger charge is -2.15. The molecule has 0 saturated heterocycles. The number of hydrogen-bond donors (Lipinski definition) is 1. The van der Waals surface area contributed by atoms with Gasteiger partial charge in [0.25, 0.3) is 0 Å². The van der Waals surface area contributed by atoms with Gasteiger partial charge in [-0.15, -0.1) is 0 Å². The molecule has 94 valence electrons. The number of halogens is 4. The van der Waals surface area contributed by atoms with Crippen LogP contribution in [0.2, 0.25) is 0 Å². The third kappa shape index (κ3) is 2.57. The van der Waals surface area contributed by atoms with Crippen molar-refractivity contribution >= 4 is 15.9 Å². The van der Waals surface area contributed by atoms with Crippen LogP contribution in [0, 0.1) is 17.5 Å². The number of hydrogen-bond acceptors (Lipinski definition) is 1. The Kier molecular flexibility index (Phi) is 3.73. The lowest BCUT2D eigenvalue weighted by Crippen LogP contribution is -2.14. The van der Waals surface area contributed by atoms with Crippen LogP contribution in [0.5, 0.6) is 0 Å². The second kappa shape index (κ2) is 5.12. The van der Waals surface area contributed by atoms with E-state index in [9.17, 15) is 13.2 Å². The van der Waals surface area contributed by atoms with Crippen LogP contribution in [0.15, 0.2) is 40.9 Å². The van der Waals surface area contributed by atoms with Gasteiger partial charge in [-0.2, -0.15) is 0 Å². The highest BCUT2D eigenvalue weighted by Crippen LogP contribution is 2.29. The topological polar surface area (TPSA) is 26.0 Å². The predicted molar refractivity (Wildman–Crippen MR) is 66.5 cm³/mol. The molecule has 0 spiro atoms. The van der Waals surface area contributed by atoms with Crippen molar-refractivity contribution in [1.29, 1.82) is 0 Å². The Morgan fingerprint density at radius 3 is 2.17 bits per heavy atom. The average Bonchev–Trinajstić information content (AvgIpc) is 2.31. The number of nitrogens with two attached hydrogens (primary N) is 1. The average molecular weight is 316 g/mol. The second-order valence-corrected chi connectivity index (χ2v) is 4.66. The van der Waals surface area contributed by atoms with Gasteiger partial charge in [-0.05, 0) is 35.9 Å². The van der Waals surface area contributed by atoms with Crippen molar-refractivity contribution in [2.75, 3.05) is 0 Å². The first-order valence-electron chi connectivity index (χ1n) is 5.14. The fourth-order valence-electron chi connectivity index (χ4n) is 1.67. The van der Waals surface area contributed by atoms with Crippen LogP contribution in [-0.4, -0.2) is 0 Å². The van der Waals surface area contributed by atoms with Gasteiger partial charge < -0.3 is 5.73 Å². The van der Waals surface area contributed by atoms with E-state index in [1.807, 2.05) is 0 Å². The maximum Gasteiger partial charge on any atom is 0.128 e. The number of benzene rings is 2. The Morgan fingerprint density at radius 1 is 0.889 bits per heavy atom. The van der Waals surface area contributed by atoms with Gasteiger partial charge in [-0.3, -0.25) is 0 Å². The molecule has 0 aliphatic carbocycles. The molecule has 1 atom stereocenters. The summed E-state index contributed by atoms with van der Waals surface area (Å²) in [6, 6.07) is 6.09. The van der Waals surface area contributed by atoms with Gasteiger partial charge >= 0.3 is 0 Å². The molecule has 2 aromatic rings. The molecule has 0 bridgehead atoms. The second-order valence-electron chi connectivity index (χ2n) is 3.81. The zero-order valence-corrected chi connectivity index (χ0v) is 10.7. The van der Waals surface area contributed by atoms with Crippen molar-refractivity contribution in [2.24, 2.45) is 5.73 Å². The normalized spacial score (nSPS) is 12.5. The summed E-state index contributed by atoms with van der Waals surface area (Å²) in [5.74, 6) is -1.60. The minimum absolute atomic E-state index is 0.0299. The molecule has 1 unspecified atom stereocenters. The van der Waals surface area contributed by atoms with E-state index in [4.69, 9.17) is 5.73 Å². The van der Waals surface area contributed by atoms with Gasteiger partial charge in [0.05, 0.1) is 6.04 Å². The van der Waals surface area contributed by atoms with E-state index in [0.717, 1.165) is 18.2 Å². The summed E-state index contributed by atoms with van der Waals surface area (Å²) in [7, 11) is 0. The summed E-state index contributed by atoms with van der Waals surface area (Å²) in [4.78, 5) is 0. The fraction of sp³-hybridized carbons (Fsp3) is 0.0769. The van der Waals surface area contributed by atoms with Gasteiger partial charge in [-0.25, -0.2) is 13.2 Å². The van der Waals surface area contributed by atoms with Gasteiger partial charge in [0.15, 0.2) is 0 Å². The Bertz CT molecular complexity index is 586. The van der Waals surface area contributed by atoms with Gasteiger partial charge in [0.1, 0.15) is 17.5 Å². The monoisotopic (exact) mass is 315 g/mol. The van der Waals surface area contributed by atoms with Gasteiger partial charge in [0.2, 0.25) is 0 Å². The zero-order chi connectivity index (χ0) is 13.3. The summed E-state index contributed by atoms with van der Waals surface area (Å²) in [5.41, 5.74) is 6.39. The Labute approximate surface area is 111 Å². The molecule has 2 aromatic carbocycles. The third-order valence-electron chi connectivity index (χ3n) is 2.59. The first-order chi connectivity index (χ1) is 8.49. The van der Waals surface area contributed by atoms with Crippen molar-refractivity contribution in [3.63, 3.8) is 0 Å². The minimum Gasteiger partial charge on any atom is -0.320 e. The van der Waals surface area contributed by atoms with Crippen molar-refractivity contribution in [1.82, 2.24) is 0 Å². The van der Waals surface area contributed by atoms with E-state index < -0.39 is 23.5 Å². The van der Waals surface area contributed by atoms with E-state index in [2.05, 4.69) is 15.9 Å². The molecule has 0 aliphatic heterocycles. The molecule has 0 saturated carbocycles. The summed E-state index contributed by atoms with van der Waals surface area (Å²) < 4.78 is 40.0. The van der Waals surface area contributed by atoms with Crippen LogP contribution in [0.1, 0.15) is 17.2 Å². The van der Waals surface area contributed by atoms with Crippen molar-refractivity contribution in [3.8, 4) is 0 Å². The Hall–Kier alpha value is -1.33.